The van der Waals surface area contributed by atoms with Crippen LogP contribution in [-0.2, 0) is 13.1 Å². The summed E-state index contributed by atoms with van der Waals surface area (Å²) in [5.41, 5.74) is 0. The molecule has 1 aliphatic heterocycles. The van der Waals surface area contributed by atoms with Crippen molar-refractivity contribution in [2.45, 2.75) is 88.5 Å². The van der Waals surface area contributed by atoms with Gasteiger partial charge in [-0.25, -0.2) is 0 Å². The molecule has 0 amide bonds. The second kappa shape index (κ2) is 20.2. The summed E-state index contributed by atoms with van der Waals surface area (Å²) in [6, 6.07) is 1.16. The summed E-state index contributed by atoms with van der Waals surface area (Å²) >= 11 is 0.00694. The Morgan fingerprint density at radius 2 is 1.26 bits per heavy atom. The van der Waals surface area contributed by atoms with Gasteiger partial charge >= 0.3 is 33.3 Å². The van der Waals surface area contributed by atoms with Crippen LogP contribution >= 0.6 is 20.2 Å². The average molecular weight is 528 g/mol. The van der Waals surface area contributed by atoms with Crippen LogP contribution < -0.4 is 0 Å². The maximum atomic E-state index is 9.20. The first-order valence-electron chi connectivity index (χ1n) is 11.6. The van der Waals surface area contributed by atoms with Crippen molar-refractivity contribution < 1.29 is 29.1 Å². The molecule has 2 rings (SSSR count). The molecule has 0 bridgehead atoms. The maximum absolute atomic E-state index is 9.20. The van der Waals surface area contributed by atoms with Crippen LogP contribution in [0, 0.1) is 0 Å². The molecule has 195 valence electrons. The van der Waals surface area contributed by atoms with Crippen molar-refractivity contribution >= 4 is 20.2 Å². The first-order chi connectivity index (χ1) is 15.1. The van der Waals surface area contributed by atoms with E-state index in [2.05, 4.69) is 12.2 Å². The molecule has 0 aromatic heterocycles. The van der Waals surface area contributed by atoms with Gasteiger partial charge in [0, 0.05) is 18.9 Å². The number of halogens is 2. The predicted octanol–water partition coefficient (Wildman–Crippen LogP) is 6.21. The number of aliphatic hydroxyl groups is 2. The summed E-state index contributed by atoms with van der Waals surface area (Å²) in [4.78, 5) is 0. The van der Waals surface area contributed by atoms with Crippen molar-refractivity contribution in [1.29, 1.82) is 0 Å². The third kappa shape index (κ3) is 14.6. The van der Waals surface area contributed by atoms with Crippen LogP contribution in [0.4, 0.5) is 0 Å². The molecule has 0 spiro atoms. The van der Waals surface area contributed by atoms with Gasteiger partial charge in [-0.1, -0.05) is 45.4 Å². The van der Waals surface area contributed by atoms with E-state index in [1.54, 1.807) is 0 Å². The van der Waals surface area contributed by atoms with Crippen molar-refractivity contribution in [2.75, 3.05) is 45.9 Å². The zero-order valence-electron chi connectivity index (χ0n) is 18.8. The summed E-state index contributed by atoms with van der Waals surface area (Å²) in [6.45, 7) is 6.18. The van der Waals surface area contributed by atoms with Crippen molar-refractivity contribution in [3.8, 4) is 0 Å². The van der Waals surface area contributed by atoms with Gasteiger partial charge in [0.2, 0.25) is 0 Å². The molecular formula is C21H48Cl2MnN5O2-5. The second-order valence-electron chi connectivity index (χ2n) is 8.27. The van der Waals surface area contributed by atoms with Gasteiger partial charge in [0.25, 0.3) is 0 Å². The first-order valence-corrected chi connectivity index (χ1v) is 14.8. The minimum absolute atomic E-state index is 0. The maximum Gasteiger partial charge on any atom is 0 e. The fraction of sp³-hybridized carbons (Fsp3) is 1.00. The molecule has 5 atom stereocenters. The third-order valence-electron chi connectivity index (χ3n) is 5.74. The van der Waals surface area contributed by atoms with E-state index in [-0.39, 0.29) is 50.2 Å². The number of nitrogens with zero attached hydrogens (tertiary/aromatic N) is 5. The molecule has 0 radical (unpaired) electrons. The van der Waals surface area contributed by atoms with Gasteiger partial charge in [-0.05, 0) is 12.8 Å². The number of fused-ring (bicyclic) bond motifs is 1. The van der Waals surface area contributed by atoms with Crippen LogP contribution in [0.15, 0.2) is 0 Å². The van der Waals surface area contributed by atoms with E-state index in [0.717, 1.165) is 71.2 Å². The number of aliphatic hydroxyl groups excluding tert-OH is 2. The van der Waals surface area contributed by atoms with E-state index in [1.807, 2.05) is 0 Å². The predicted molar refractivity (Wildman–Crippen MR) is 137 cm³/mol. The summed E-state index contributed by atoms with van der Waals surface area (Å²) in [5.74, 6) is 0. The largest absolute Gasteiger partial charge is 0 e. The Kier molecular flexibility index (Phi) is 19.5. The molecule has 2 aliphatic rings. The molecule has 7 nitrogen and oxygen atoms in total. The number of rotatable bonds is 6. The van der Waals surface area contributed by atoms with E-state index in [9.17, 15) is 10.2 Å². The number of hydrogen-bond acceptors (Lipinski definition) is 2. The first kappa shape index (κ1) is 29.9. The molecule has 10 heteroatoms. The Hall–Kier alpha value is 0.819. The van der Waals surface area contributed by atoms with E-state index in [0.29, 0.717) is 12.1 Å². The molecule has 31 heavy (non-hydrogen) atoms. The molecular weight excluding hydrogens is 480 g/mol. The van der Waals surface area contributed by atoms with Crippen molar-refractivity contribution in [3.63, 3.8) is 0 Å². The molecule has 2 fully saturated rings. The molecule has 1 aliphatic carbocycles. The molecule has 2 N–H and O–H groups in total. The summed E-state index contributed by atoms with van der Waals surface area (Å²) in [6.07, 6.45) is 8.03. The zero-order chi connectivity index (χ0) is 22.7. The second-order valence-corrected chi connectivity index (χ2v) is 10.2. The van der Waals surface area contributed by atoms with Crippen molar-refractivity contribution in [1.82, 2.24) is 0 Å². The van der Waals surface area contributed by atoms with Crippen LogP contribution in [0.25, 0.3) is 26.6 Å². The van der Waals surface area contributed by atoms with Gasteiger partial charge in [0.15, 0.2) is 0 Å². The Bertz CT molecular complexity index is 436. The monoisotopic (exact) mass is 527 g/mol. The van der Waals surface area contributed by atoms with E-state index in [1.165, 1.54) is 12.8 Å². The minimum Gasteiger partial charge on any atom is 0 e. The SMILES string of the molecule is C[C@H]1C[N-][C@@H](CCCO)C[N-]C2CCCC[C@H]2[N-]C[C@H](CCCO)[N-]CC[N-]1.[Cl][Mn][Cl].[HH].[HH].[HH].[HH]. The summed E-state index contributed by atoms with van der Waals surface area (Å²) in [7, 11) is 9.59. The third-order valence-corrected chi connectivity index (χ3v) is 5.74. The normalized spacial score (nSPS) is 31.5. The van der Waals surface area contributed by atoms with Gasteiger partial charge in [-0.2, -0.15) is 62.9 Å². The van der Waals surface area contributed by atoms with E-state index >= 15 is 0 Å². The zero-order valence-corrected chi connectivity index (χ0v) is 21.5. The van der Waals surface area contributed by atoms with Gasteiger partial charge in [0.1, 0.15) is 0 Å². The van der Waals surface area contributed by atoms with Gasteiger partial charge < -0.3 is 36.8 Å². The molecule has 1 saturated heterocycles. The van der Waals surface area contributed by atoms with Gasteiger partial charge in [-0.15, -0.1) is 0 Å². The quantitative estimate of drug-likeness (QED) is 0.400. The molecule has 0 aromatic carbocycles. The van der Waals surface area contributed by atoms with Crippen LogP contribution in [0.1, 0.15) is 64.0 Å². The molecule has 1 saturated carbocycles. The molecule has 1 heterocycles. The molecule has 0 aromatic rings. The van der Waals surface area contributed by atoms with Crippen LogP contribution in [0.3, 0.4) is 0 Å². The number of hydrogen-bond donors (Lipinski definition) is 2. The standard InChI is InChI=1S/C21H40N5O2.2ClH.Mn.4H2/c1-17-14-24-19(7-5-13-28)16-26-21-9-3-2-8-20(21)25-15-18(6-4-12-27)23-11-10-22-17;;;;;;;/h17-21,27-28H,2-16H2,1H3;2*1H;;4*1H/q-5;;;+2;;;;/p-2/t17-,18-,19-,20+,21?;;;;;;;/m0......./s1. The van der Waals surface area contributed by atoms with Crippen LogP contribution in [-0.4, -0.2) is 86.4 Å². The van der Waals surface area contributed by atoms with Gasteiger partial charge in [-0.3, -0.25) is 0 Å². The Morgan fingerprint density at radius 1 is 0.774 bits per heavy atom. The fourth-order valence-electron chi connectivity index (χ4n) is 4.04. The molecule has 1 unspecified atom stereocenters. The minimum atomic E-state index is 0. The van der Waals surface area contributed by atoms with E-state index in [4.69, 9.17) is 41.5 Å². The summed E-state index contributed by atoms with van der Waals surface area (Å²) < 4.78 is 0. The summed E-state index contributed by atoms with van der Waals surface area (Å²) in [5, 5.41) is 42.8. The topological polar surface area (TPSA) is 111 Å². The van der Waals surface area contributed by atoms with Crippen LogP contribution in [0.5, 0.6) is 0 Å². The average Bonchev–Trinajstić information content (AvgIpc) is 2.78. The Balaban J connectivity index is -0.000000652. The van der Waals surface area contributed by atoms with Crippen molar-refractivity contribution in [3.05, 3.63) is 26.6 Å². The van der Waals surface area contributed by atoms with Gasteiger partial charge in [0.05, 0.1) is 0 Å². The van der Waals surface area contributed by atoms with Crippen molar-refractivity contribution in [2.24, 2.45) is 0 Å². The van der Waals surface area contributed by atoms with Crippen LogP contribution in [0.2, 0.25) is 0 Å². The Labute approximate surface area is 210 Å². The Morgan fingerprint density at radius 3 is 1.77 bits per heavy atom. The smallest absolute Gasteiger partial charge is 0 e. The fourth-order valence-corrected chi connectivity index (χ4v) is 4.04. The van der Waals surface area contributed by atoms with E-state index < -0.39 is 0 Å².